The molecule has 0 aliphatic heterocycles. The van der Waals surface area contributed by atoms with Gasteiger partial charge in [-0.2, -0.15) is 5.10 Å². The molecule has 0 saturated carbocycles. The highest BCUT2D eigenvalue weighted by molar-refractivity contribution is 5.98. The van der Waals surface area contributed by atoms with Crippen LogP contribution < -0.4 is 5.32 Å². The summed E-state index contributed by atoms with van der Waals surface area (Å²) in [7, 11) is 1.85. The predicted octanol–water partition coefficient (Wildman–Crippen LogP) is 3.00. The average Bonchev–Trinajstić information content (AvgIpc) is 2.95. The maximum atomic E-state index is 12.9. The van der Waals surface area contributed by atoms with Gasteiger partial charge in [-0.1, -0.05) is 0 Å². The van der Waals surface area contributed by atoms with Crippen LogP contribution in [0.4, 0.5) is 0 Å². The van der Waals surface area contributed by atoms with Crippen LogP contribution in [0.2, 0.25) is 0 Å². The van der Waals surface area contributed by atoms with Crippen LogP contribution in [0.15, 0.2) is 36.7 Å². The molecule has 0 unspecified atom stereocenters. The van der Waals surface area contributed by atoms with Crippen LogP contribution >= 0.6 is 0 Å². The van der Waals surface area contributed by atoms with Crippen molar-refractivity contribution in [3.05, 3.63) is 53.3 Å². The van der Waals surface area contributed by atoms with Crippen LogP contribution in [0.3, 0.4) is 0 Å². The summed E-state index contributed by atoms with van der Waals surface area (Å²) in [5, 5.41) is 7.07. The number of carbonyl (C=O) groups excluding carboxylic acids is 2. The molecule has 26 heavy (non-hydrogen) atoms. The highest BCUT2D eigenvalue weighted by Crippen LogP contribution is 2.14. The fourth-order valence-electron chi connectivity index (χ4n) is 2.58. The molecular weight excluding hydrogens is 328 g/mol. The second kappa shape index (κ2) is 7.72. The molecule has 0 atom stereocenters. The van der Waals surface area contributed by atoms with Crippen LogP contribution in [0, 0.1) is 0 Å². The number of hydrogen-bond donors (Lipinski definition) is 1. The van der Waals surface area contributed by atoms with Gasteiger partial charge in [0.25, 0.3) is 11.8 Å². The van der Waals surface area contributed by atoms with Crippen molar-refractivity contribution in [1.29, 1.82) is 0 Å². The van der Waals surface area contributed by atoms with Gasteiger partial charge >= 0.3 is 0 Å². The number of benzene rings is 1. The molecule has 0 saturated heterocycles. The van der Waals surface area contributed by atoms with Crippen molar-refractivity contribution in [2.24, 2.45) is 7.05 Å². The first-order chi connectivity index (χ1) is 12.1. The molecule has 2 rings (SSSR count). The Hall–Kier alpha value is -2.63. The maximum Gasteiger partial charge on any atom is 0.254 e. The largest absolute Gasteiger partial charge is 0.347 e. The van der Waals surface area contributed by atoms with E-state index >= 15 is 0 Å². The second-order valence-corrected chi connectivity index (χ2v) is 7.83. The molecule has 2 amide bonds. The SMILES string of the molecule is CC(C)N(Cc1cnn(C)c1)C(=O)c1ccc(C(=O)NC(C)(C)C)cc1. The summed E-state index contributed by atoms with van der Waals surface area (Å²) in [5.74, 6) is -0.209. The first kappa shape index (κ1) is 19.7. The molecule has 140 valence electrons. The van der Waals surface area contributed by atoms with E-state index in [0.717, 1.165) is 5.56 Å². The second-order valence-electron chi connectivity index (χ2n) is 7.83. The van der Waals surface area contributed by atoms with E-state index in [9.17, 15) is 9.59 Å². The van der Waals surface area contributed by atoms with Gasteiger partial charge in [-0.15, -0.1) is 0 Å². The molecule has 0 radical (unpaired) electrons. The Kier molecular flexibility index (Phi) is 5.85. The first-order valence-electron chi connectivity index (χ1n) is 8.78. The van der Waals surface area contributed by atoms with Crippen LogP contribution in [0.5, 0.6) is 0 Å². The molecule has 2 aromatic rings. The summed E-state index contributed by atoms with van der Waals surface area (Å²) in [6.07, 6.45) is 3.67. The summed E-state index contributed by atoms with van der Waals surface area (Å²) in [4.78, 5) is 26.9. The number of nitrogens with one attached hydrogen (secondary N) is 1. The van der Waals surface area contributed by atoms with Crippen molar-refractivity contribution in [3.8, 4) is 0 Å². The fraction of sp³-hybridized carbons (Fsp3) is 0.450. The minimum atomic E-state index is -0.302. The van der Waals surface area contributed by atoms with Gasteiger partial charge in [0, 0.05) is 48.1 Å². The molecule has 1 N–H and O–H groups in total. The van der Waals surface area contributed by atoms with Crippen molar-refractivity contribution in [1.82, 2.24) is 20.0 Å². The zero-order valence-corrected chi connectivity index (χ0v) is 16.4. The Bertz CT molecular complexity index is 770. The van der Waals surface area contributed by atoms with Crippen molar-refractivity contribution < 1.29 is 9.59 Å². The monoisotopic (exact) mass is 356 g/mol. The number of hydrogen-bond acceptors (Lipinski definition) is 3. The number of aryl methyl sites for hydroxylation is 1. The third-order valence-corrected chi connectivity index (χ3v) is 3.88. The van der Waals surface area contributed by atoms with Gasteiger partial charge in [0.1, 0.15) is 0 Å². The molecule has 6 nitrogen and oxygen atoms in total. The lowest BCUT2D eigenvalue weighted by molar-refractivity contribution is 0.0689. The van der Waals surface area contributed by atoms with Crippen LogP contribution in [-0.2, 0) is 13.6 Å². The van der Waals surface area contributed by atoms with Gasteiger partial charge < -0.3 is 10.2 Å². The van der Waals surface area contributed by atoms with Crippen molar-refractivity contribution in [2.45, 2.75) is 52.7 Å². The maximum absolute atomic E-state index is 12.9. The van der Waals surface area contributed by atoms with Crippen molar-refractivity contribution in [2.75, 3.05) is 0 Å². The molecule has 0 bridgehead atoms. The summed E-state index contributed by atoms with van der Waals surface area (Å²) >= 11 is 0. The average molecular weight is 356 g/mol. The summed E-state index contributed by atoms with van der Waals surface area (Å²) in [6, 6.07) is 6.84. The molecule has 6 heteroatoms. The molecule has 1 aromatic carbocycles. The fourth-order valence-corrected chi connectivity index (χ4v) is 2.58. The molecule has 0 aliphatic carbocycles. The zero-order valence-electron chi connectivity index (χ0n) is 16.4. The van der Waals surface area contributed by atoms with E-state index in [1.807, 2.05) is 47.9 Å². The Morgan fingerprint density at radius 2 is 1.73 bits per heavy atom. The van der Waals surface area contributed by atoms with Gasteiger partial charge in [0.15, 0.2) is 0 Å². The van der Waals surface area contributed by atoms with Gasteiger partial charge in [-0.05, 0) is 58.9 Å². The molecule has 1 heterocycles. The van der Waals surface area contributed by atoms with Crippen LogP contribution in [-0.4, -0.2) is 38.1 Å². The van der Waals surface area contributed by atoms with Gasteiger partial charge in [-0.3, -0.25) is 14.3 Å². The predicted molar refractivity (Wildman–Crippen MR) is 102 cm³/mol. The number of amides is 2. The smallest absolute Gasteiger partial charge is 0.254 e. The Labute approximate surface area is 155 Å². The standard InChI is InChI=1S/C20H28N4O2/c1-14(2)24(13-15-11-21-23(6)12-15)19(26)17-9-7-16(8-10-17)18(25)22-20(3,4)5/h7-12,14H,13H2,1-6H3,(H,22,25). The lowest BCUT2D eigenvalue weighted by Crippen LogP contribution is -2.40. The normalized spacial score (nSPS) is 11.5. The quantitative estimate of drug-likeness (QED) is 0.895. The van der Waals surface area contributed by atoms with E-state index < -0.39 is 0 Å². The van der Waals surface area contributed by atoms with Crippen molar-refractivity contribution >= 4 is 11.8 Å². The van der Waals surface area contributed by atoms with Gasteiger partial charge in [-0.25, -0.2) is 0 Å². The van der Waals surface area contributed by atoms with E-state index in [0.29, 0.717) is 17.7 Å². The molecule has 0 aliphatic rings. The van der Waals surface area contributed by atoms with Gasteiger partial charge in [0.2, 0.25) is 0 Å². The number of aromatic nitrogens is 2. The Balaban J connectivity index is 2.15. The molecule has 1 aromatic heterocycles. The molecule has 0 spiro atoms. The van der Waals surface area contributed by atoms with Crippen LogP contribution in [0.1, 0.15) is 60.9 Å². The van der Waals surface area contributed by atoms with E-state index in [1.165, 1.54) is 0 Å². The summed E-state index contributed by atoms with van der Waals surface area (Å²) in [6.45, 7) is 10.3. The number of nitrogens with zero attached hydrogens (tertiary/aromatic N) is 3. The van der Waals surface area contributed by atoms with Crippen LogP contribution in [0.25, 0.3) is 0 Å². The molecule has 0 fully saturated rings. The minimum Gasteiger partial charge on any atom is -0.347 e. The topological polar surface area (TPSA) is 67.2 Å². The van der Waals surface area contributed by atoms with E-state index in [-0.39, 0.29) is 23.4 Å². The minimum absolute atomic E-state index is 0.0478. The lowest BCUT2D eigenvalue weighted by atomic mass is 10.1. The summed E-state index contributed by atoms with van der Waals surface area (Å²) < 4.78 is 1.72. The first-order valence-corrected chi connectivity index (χ1v) is 8.78. The number of carbonyl (C=O) groups is 2. The zero-order chi connectivity index (χ0) is 19.5. The Morgan fingerprint density at radius 3 is 2.19 bits per heavy atom. The van der Waals surface area contributed by atoms with E-state index in [4.69, 9.17) is 0 Å². The number of rotatable bonds is 5. The van der Waals surface area contributed by atoms with E-state index in [2.05, 4.69) is 10.4 Å². The Morgan fingerprint density at radius 1 is 1.15 bits per heavy atom. The van der Waals surface area contributed by atoms with Gasteiger partial charge in [0.05, 0.1) is 6.20 Å². The third-order valence-electron chi connectivity index (χ3n) is 3.88. The lowest BCUT2D eigenvalue weighted by Gasteiger charge is -2.26. The highest BCUT2D eigenvalue weighted by atomic mass is 16.2. The van der Waals surface area contributed by atoms with Crippen molar-refractivity contribution in [3.63, 3.8) is 0 Å². The third kappa shape index (κ3) is 5.18. The molecular formula is C20H28N4O2. The highest BCUT2D eigenvalue weighted by Gasteiger charge is 2.21. The summed E-state index contributed by atoms with van der Waals surface area (Å²) in [5.41, 5.74) is 1.79. The van der Waals surface area contributed by atoms with E-state index in [1.54, 1.807) is 40.0 Å².